The Balaban J connectivity index is 1.42. The summed E-state index contributed by atoms with van der Waals surface area (Å²) < 4.78 is 22.9. The van der Waals surface area contributed by atoms with Crippen molar-refractivity contribution in [2.24, 2.45) is 0 Å². The van der Waals surface area contributed by atoms with E-state index in [0.717, 1.165) is 26.9 Å². The largest absolute Gasteiger partial charge is 0.493 e. The summed E-state index contributed by atoms with van der Waals surface area (Å²) in [4.78, 5) is 17.1. The number of carbonyl (C=O) groups excluding carboxylic acids is 1. The molecule has 1 N–H and O–H groups in total. The molecule has 0 spiro atoms. The summed E-state index contributed by atoms with van der Waals surface area (Å²) in [6.45, 7) is 0.409. The lowest BCUT2D eigenvalue weighted by Gasteiger charge is -2.13. The van der Waals surface area contributed by atoms with Gasteiger partial charge in [-0.3, -0.25) is 10.1 Å². The number of thiazole rings is 1. The molecule has 7 nitrogen and oxygen atoms in total. The second-order valence-electron chi connectivity index (χ2n) is 7.74. The second-order valence-corrected chi connectivity index (χ2v) is 9.45. The van der Waals surface area contributed by atoms with Crippen LogP contribution < -0.4 is 24.3 Å². The Bertz CT molecular complexity index is 1410. The van der Waals surface area contributed by atoms with Gasteiger partial charge in [-0.2, -0.15) is 0 Å². The molecule has 0 saturated heterocycles. The highest BCUT2D eigenvalue weighted by molar-refractivity contribution is 9.10. The number of ether oxygens (including phenoxy) is 4. The van der Waals surface area contributed by atoms with Crippen molar-refractivity contribution in [1.29, 1.82) is 0 Å². The molecule has 0 aliphatic rings. The maximum Gasteiger partial charge on any atom is 0.250 e. The molecular weight excluding hydrogens is 556 g/mol. The topological polar surface area (TPSA) is 78.9 Å². The molecule has 0 aliphatic carbocycles. The van der Waals surface area contributed by atoms with E-state index in [4.69, 9.17) is 18.9 Å². The highest BCUT2D eigenvalue weighted by Gasteiger charge is 2.13. The molecule has 1 amide bonds. The van der Waals surface area contributed by atoms with Crippen LogP contribution in [0.3, 0.4) is 0 Å². The lowest BCUT2D eigenvalue weighted by molar-refractivity contribution is -0.111. The Morgan fingerprint density at radius 1 is 0.973 bits per heavy atom. The molecule has 0 radical (unpaired) electrons. The third-order valence-electron chi connectivity index (χ3n) is 5.32. The van der Waals surface area contributed by atoms with Gasteiger partial charge >= 0.3 is 0 Å². The molecule has 0 aliphatic heterocycles. The van der Waals surface area contributed by atoms with Crippen molar-refractivity contribution >= 4 is 44.4 Å². The molecule has 9 heteroatoms. The molecular formula is C28H25BrN2O5S. The van der Waals surface area contributed by atoms with Crippen molar-refractivity contribution in [2.75, 3.05) is 26.6 Å². The number of benzene rings is 3. The number of carbonyl (C=O) groups is 1. The summed E-state index contributed by atoms with van der Waals surface area (Å²) in [7, 11) is 4.75. The fourth-order valence-electron chi connectivity index (χ4n) is 3.48. The average Bonchev–Trinajstić information content (AvgIpc) is 3.39. The summed E-state index contributed by atoms with van der Waals surface area (Å²) in [6.07, 6.45) is 3.15. The number of rotatable bonds is 10. The maximum atomic E-state index is 12.5. The number of hydrogen-bond acceptors (Lipinski definition) is 7. The van der Waals surface area contributed by atoms with E-state index in [0.29, 0.717) is 34.7 Å². The van der Waals surface area contributed by atoms with E-state index in [9.17, 15) is 4.79 Å². The van der Waals surface area contributed by atoms with E-state index in [1.54, 1.807) is 27.4 Å². The highest BCUT2D eigenvalue weighted by atomic mass is 79.9. The predicted octanol–water partition coefficient (Wildman–Crippen LogP) is 6.83. The smallest absolute Gasteiger partial charge is 0.250 e. The van der Waals surface area contributed by atoms with Gasteiger partial charge in [0.2, 0.25) is 5.91 Å². The molecule has 0 fully saturated rings. The zero-order valence-electron chi connectivity index (χ0n) is 20.5. The number of nitrogens with zero attached hydrogens (tertiary/aromatic N) is 1. The third kappa shape index (κ3) is 6.69. The molecule has 4 aromatic rings. The molecule has 1 aromatic heterocycles. The fraction of sp³-hybridized carbons (Fsp3) is 0.143. The summed E-state index contributed by atoms with van der Waals surface area (Å²) in [5, 5.41) is 5.17. The number of amides is 1. The summed E-state index contributed by atoms with van der Waals surface area (Å²) >= 11 is 4.89. The van der Waals surface area contributed by atoms with Crippen LogP contribution in [0.25, 0.3) is 17.3 Å². The van der Waals surface area contributed by atoms with Crippen molar-refractivity contribution < 1.29 is 23.7 Å². The van der Waals surface area contributed by atoms with Gasteiger partial charge in [0.1, 0.15) is 6.61 Å². The van der Waals surface area contributed by atoms with Gasteiger partial charge in [-0.15, -0.1) is 11.3 Å². The number of aromatic nitrogens is 1. The first-order valence-corrected chi connectivity index (χ1v) is 12.9. The zero-order valence-corrected chi connectivity index (χ0v) is 22.9. The Kier molecular flexibility index (Phi) is 8.81. The zero-order chi connectivity index (χ0) is 26.2. The molecule has 0 atom stereocenters. The van der Waals surface area contributed by atoms with Gasteiger partial charge in [0, 0.05) is 17.0 Å². The number of halogens is 1. The van der Waals surface area contributed by atoms with Crippen LogP contribution in [0.5, 0.6) is 23.0 Å². The van der Waals surface area contributed by atoms with Gasteiger partial charge in [-0.1, -0.05) is 30.3 Å². The minimum absolute atomic E-state index is 0.298. The van der Waals surface area contributed by atoms with Gasteiger partial charge in [0.25, 0.3) is 0 Å². The van der Waals surface area contributed by atoms with Gasteiger partial charge in [0.05, 0.1) is 31.5 Å². The molecule has 0 bridgehead atoms. The van der Waals surface area contributed by atoms with Crippen LogP contribution in [0, 0.1) is 0 Å². The van der Waals surface area contributed by atoms with Crippen LogP contribution in [0.15, 0.2) is 76.6 Å². The van der Waals surface area contributed by atoms with E-state index in [2.05, 4.69) is 26.2 Å². The number of hydrogen-bond donors (Lipinski definition) is 1. The number of anilines is 1. The van der Waals surface area contributed by atoms with E-state index < -0.39 is 0 Å². The first kappa shape index (κ1) is 26.2. The lowest BCUT2D eigenvalue weighted by atomic mass is 10.1. The lowest BCUT2D eigenvalue weighted by Crippen LogP contribution is -2.07. The van der Waals surface area contributed by atoms with Crippen LogP contribution in [-0.2, 0) is 11.4 Å². The standard InChI is InChI=1S/C28H25BrN2O5S/c1-33-23-11-10-20(15-24(23)34-2)22-17-37-28(30-22)31-26(32)12-9-19-13-21(29)27(25(14-19)35-3)36-16-18-7-5-4-6-8-18/h4-15,17H,16H2,1-3H3,(H,30,31,32)/b12-9+. The van der Waals surface area contributed by atoms with Gasteiger partial charge in [-0.25, -0.2) is 4.98 Å². The van der Waals surface area contributed by atoms with Crippen molar-refractivity contribution in [1.82, 2.24) is 4.98 Å². The first-order chi connectivity index (χ1) is 18.0. The monoisotopic (exact) mass is 580 g/mol. The fourth-order valence-corrected chi connectivity index (χ4v) is 4.78. The van der Waals surface area contributed by atoms with Crippen LogP contribution in [0.2, 0.25) is 0 Å². The first-order valence-electron chi connectivity index (χ1n) is 11.2. The van der Waals surface area contributed by atoms with Crippen molar-refractivity contribution in [3.05, 3.63) is 87.7 Å². The Morgan fingerprint density at radius 2 is 1.73 bits per heavy atom. The van der Waals surface area contributed by atoms with Crippen molar-refractivity contribution in [3.63, 3.8) is 0 Å². The Morgan fingerprint density at radius 3 is 2.46 bits per heavy atom. The van der Waals surface area contributed by atoms with Gasteiger partial charge in [-0.05, 0) is 63.5 Å². The minimum Gasteiger partial charge on any atom is -0.493 e. The highest BCUT2D eigenvalue weighted by Crippen LogP contribution is 2.38. The maximum absolute atomic E-state index is 12.5. The SMILES string of the molecule is COc1ccc(-c2csc(NC(=O)/C=C/c3cc(Br)c(OCc4ccccc4)c(OC)c3)n2)cc1OC. The van der Waals surface area contributed by atoms with Crippen LogP contribution >= 0.6 is 27.3 Å². The molecule has 3 aromatic carbocycles. The van der Waals surface area contributed by atoms with Crippen LogP contribution in [0.1, 0.15) is 11.1 Å². The van der Waals surface area contributed by atoms with E-state index >= 15 is 0 Å². The van der Waals surface area contributed by atoms with Gasteiger partial charge < -0.3 is 18.9 Å². The molecule has 4 rings (SSSR count). The molecule has 0 unspecified atom stereocenters. The molecule has 1 heterocycles. The van der Waals surface area contributed by atoms with Crippen molar-refractivity contribution in [2.45, 2.75) is 6.61 Å². The predicted molar refractivity (Wildman–Crippen MR) is 150 cm³/mol. The average molecular weight is 581 g/mol. The molecule has 0 saturated carbocycles. The second kappa shape index (κ2) is 12.4. The van der Waals surface area contributed by atoms with Crippen molar-refractivity contribution in [3.8, 4) is 34.3 Å². The number of methoxy groups -OCH3 is 3. The normalized spacial score (nSPS) is 10.8. The summed E-state index contributed by atoms with van der Waals surface area (Å²) in [5.41, 5.74) is 3.41. The summed E-state index contributed by atoms with van der Waals surface area (Å²) in [6, 6.07) is 19.1. The van der Waals surface area contributed by atoms with E-state index in [-0.39, 0.29) is 5.91 Å². The van der Waals surface area contributed by atoms with Crippen LogP contribution in [0.4, 0.5) is 5.13 Å². The molecule has 190 valence electrons. The van der Waals surface area contributed by atoms with E-state index in [1.807, 2.05) is 66.0 Å². The Labute approximate surface area is 227 Å². The minimum atomic E-state index is -0.298. The quantitative estimate of drug-likeness (QED) is 0.207. The van der Waals surface area contributed by atoms with Crippen LogP contribution in [-0.4, -0.2) is 32.2 Å². The summed E-state index contributed by atoms with van der Waals surface area (Å²) in [5.74, 6) is 2.11. The molecule has 37 heavy (non-hydrogen) atoms. The van der Waals surface area contributed by atoms with Gasteiger partial charge in [0.15, 0.2) is 28.1 Å². The third-order valence-corrected chi connectivity index (χ3v) is 6.67. The van der Waals surface area contributed by atoms with E-state index in [1.165, 1.54) is 17.4 Å². The number of nitrogens with one attached hydrogen (secondary N) is 1. The Hall–Kier alpha value is -3.82.